The van der Waals surface area contributed by atoms with Crippen LogP contribution in [-0.2, 0) is 13.6 Å². The van der Waals surface area contributed by atoms with Crippen LogP contribution in [0.2, 0.25) is 0 Å². The van der Waals surface area contributed by atoms with Crippen molar-refractivity contribution in [2.24, 2.45) is 7.05 Å². The maximum absolute atomic E-state index is 13.1. The molecule has 2 N–H and O–H groups in total. The van der Waals surface area contributed by atoms with Gasteiger partial charge in [0.1, 0.15) is 5.82 Å². The monoisotopic (exact) mass is 379 g/mol. The lowest BCUT2D eigenvalue weighted by Crippen LogP contribution is -2.30. The number of nitrogens with one attached hydrogen (secondary N) is 2. The molecule has 0 fully saturated rings. The minimum atomic E-state index is -0.336. The van der Waals surface area contributed by atoms with E-state index >= 15 is 0 Å². The van der Waals surface area contributed by atoms with Crippen molar-refractivity contribution in [1.82, 2.24) is 24.6 Å². The Labute approximate surface area is 159 Å². The smallest absolute Gasteiger partial charge is 0.326 e. The number of carbonyl (C=O) groups is 1. The van der Waals surface area contributed by atoms with E-state index in [9.17, 15) is 14.0 Å². The number of aromatic nitrogens is 4. The van der Waals surface area contributed by atoms with Crippen LogP contribution in [-0.4, -0.2) is 31.8 Å². The van der Waals surface area contributed by atoms with Crippen LogP contribution in [0.5, 0.6) is 0 Å². The van der Waals surface area contributed by atoms with Crippen molar-refractivity contribution >= 4 is 16.9 Å². The van der Waals surface area contributed by atoms with Gasteiger partial charge in [0.25, 0.3) is 5.91 Å². The van der Waals surface area contributed by atoms with Gasteiger partial charge >= 0.3 is 5.69 Å². The van der Waals surface area contributed by atoms with Crippen LogP contribution in [0, 0.1) is 5.82 Å². The van der Waals surface area contributed by atoms with E-state index in [2.05, 4.69) is 15.4 Å². The maximum Gasteiger partial charge on any atom is 0.326 e. The van der Waals surface area contributed by atoms with Crippen molar-refractivity contribution in [2.75, 3.05) is 6.54 Å². The molecule has 0 atom stereocenters. The van der Waals surface area contributed by atoms with E-state index in [1.807, 2.05) is 24.3 Å². The molecule has 0 radical (unpaired) electrons. The number of halogens is 1. The van der Waals surface area contributed by atoms with Gasteiger partial charge in [-0.25, -0.2) is 9.18 Å². The Morgan fingerprint density at radius 2 is 1.93 bits per heavy atom. The first-order chi connectivity index (χ1) is 13.5. The van der Waals surface area contributed by atoms with E-state index in [0.717, 1.165) is 16.6 Å². The lowest BCUT2D eigenvalue weighted by atomic mass is 10.1. The maximum atomic E-state index is 13.1. The lowest BCUT2D eigenvalue weighted by Gasteiger charge is -2.05. The number of para-hydroxylation sites is 2. The van der Waals surface area contributed by atoms with Gasteiger partial charge in [0, 0.05) is 20.1 Å². The first-order valence-electron chi connectivity index (χ1n) is 8.78. The van der Waals surface area contributed by atoms with Gasteiger partial charge in [-0.15, -0.1) is 0 Å². The molecule has 0 unspecified atom stereocenters. The Hall–Kier alpha value is -3.68. The molecular weight excluding hydrogens is 361 g/mol. The first-order valence-corrected chi connectivity index (χ1v) is 8.78. The molecule has 28 heavy (non-hydrogen) atoms. The fourth-order valence-corrected chi connectivity index (χ4v) is 3.17. The third-order valence-electron chi connectivity index (χ3n) is 4.56. The summed E-state index contributed by atoms with van der Waals surface area (Å²) in [5, 5.41) is 7.01. The second-order valence-electron chi connectivity index (χ2n) is 6.40. The molecule has 8 heteroatoms. The number of rotatable bonds is 5. The molecule has 0 aliphatic heterocycles. The van der Waals surface area contributed by atoms with Crippen LogP contribution in [0.25, 0.3) is 22.3 Å². The average molecular weight is 379 g/mol. The molecule has 1 amide bonds. The Kier molecular flexibility index (Phi) is 4.52. The fourth-order valence-electron chi connectivity index (χ4n) is 3.17. The van der Waals surface area contributed by atoms with Crippen molar-refractivity contribution in [3.63, 3.8) is 0 Å². The number of nitrogens with zero attached hydrogens (tertiary/aromatic N) is 3. The third-order valence-corrected chi connectivity index (χ3v) is 4.56. The first kappa shape index (κ1) is 17.7. The van der Waals surface area contributed by atoms with Crippen LogP contribution < -0.4 is 11.0 Å². The fraction of sp³-hybridized carbons (Fsp3) is 0.150. The summed E-state index contributed by atoms with van der Waals surface area (Å²) >= 11 is 0. The van der Waals surface area contributed by atoms with Crippen molar-refractivity contribution in [3.8, 4) is 11.3 Å². The molecule has 0 bridgehead atoms. The molecule has 2 aromatic heterocycles. The second-order valence-corrected chi connectivity index (χ2v) is 6.40. The van der Waals surface area contributed by atoms with Gasteiger partial charge in [0.2, 0.25) is 0 Å². The van der Waals surface area contributed by atoms with Gasteiger partial charge in [-0.3, -0.25) is 14.0 Å². The zero-order valence-corrected chi connectivity index (χ0v) is 15.1. The Morgan fingerprint density at radius 3 is 2.71 bits per heavy atom. The number of benzene rings is 2. The number of aromatic amines is 1. The van der Waals surface area contributed by atoms with Crippen molar-refractivity contribution in [3.05, 3.63) is 76.6 Å². The largest absolute Gasteiger partial charge is 0.349 e. The Balaban J connectivity index is 1.46. The molecule has 0 saturated heterocycles. The van der Waals surface area contributed by atoms with E-state index in [1.54, 1.807) is 34.5 Å². The molecule has 0 aliphatic carbocycles. The summed E-state index contributed by atoms with van der Waals surface area (Å²) in [4.78, 5) is 27.3. The highest BCUT2D eigenvalue weighted by molar-refractivity contribution is 5.93. The van der Waals surface area contributed by atoms with Gasteiger partial charge in [-0.2, -0.15) is 5.10 Å². The number of fused-ring (bicyclic) bond motifs is 1. The van der Waals surface area contributed by atoms with E-state index < -0.39 is 0 Å². The summed E-state index contributed by atoms with van der Waals surface area (Å²) in [7, 11) is 1.72. The highest BCUT2D eigenvalue weighted by Crippen LogP contribution is 2.20. The molecule has 4 aromatic rings. The molecule has 2 aromatic carbocycles. The Morgan fingerprint density at radius 1 is 1.18 bits per heavy atom. The minimum Gasteiger partial charge on any atom is -0.349 e. The lowest BCUT2D eigenvalue weighted by molar-refractivity contribution is 0.0946. The SMILES string of the molecule is Cn1nc(C(=O)NCCn2c(=O)[nH]c3ccccc32)cc1-c1ccc(F)cc1. The predicted octanol–water partition coefficient (Wildman–Crippen LogP) is 2.30. The quantitative estimate of drug-likeness (QED) is 0.558. The van der Waals surface area contributed by atoms with Gasteiger partial charge in [0.15, 0.2) is 5.69 Å². The summed E-state index contributed by atoms with van der Waals surface area (Å²) in [6.45, 7) is 0.620. The van der Waals surface area contributed by atoms with Crippen LogP contribution in [0.15, 0.2) is 59.4 Å². The number of H-pyrrole nitrogens is 1. The number of hydrogen-bond donors (Lipinski definition) is 2. The van der Waals surface area contributed by atoms with Gasteiger partial charge < -0.3 is 10.3 Å². The summed E-state index contributed by atoms with van der Waals surface area (Å²) in [6, 6.07) is 15.0. The molecule has 0 saturated carbocycles. The molecular formula is C20H18FN5O2. The number of aryl methyl sites for hydroxylation is 1. The van der Waals surface area contributed by atoms with Crippen LogP contribution in [0.1, 0.15) is 10.5 Å². The highest BCUT2D eigenvalue weighted by atomic mass is 19.1. The summed E-state index contributed by atoms with van der Waals surface area (Å²) in [5.74, 6) is -0.659. The van der Waals surface area contributed by atoms with E-state index in [-0.39, 0.29) is 29.7 Å². The molecule has 2 heterocycles. The van der Waals surface area contributed by atoms with E-state index in [1.165, 1.54) is 12.1 Å². The summed E-state index contributed by atoms with van der Waals surface area (Å²) in [6.07, 6.45) is 0. The standard InChI is InChI=1S/C20H18FN5O2/c1-25-18(13-6-8-14(21)9-7-13)12-16(24-25)19(27)22-10-11-26-17-5-3-2-4-15(17)23-20(26)28/h2-9,12H,10-11H2,1H3,(H,22,27)(H,23,28). The molecule has 0 aliphatic rings. The number of amides is 1. The van der Waals surface area contributed by atoms with E-state index in [0.29, 0.717) is 12.2 Å². The normalized spacial score (nSPS) is 11.1. The average Bonchev–Trinajstić information content (AvgIpc) is 3.22. The van der Waals surface area contributed by atoms with Crippen molar-refractivity contribution in [2.45, 2.75) is 6.54 Å². The summed E-state index contributed by atoms with van der Waals surface area (Å²) in [5.41, 5.74) is 3.06. The molecule has 7 nitrogen and oxygen atoms in total. The molecule has 4 rings (SSSR count). The number of hydrogen-bond acceptors (Lipinski definition) is 3. The van der Waals surface area contributed by atoms with Gasteiger partial charge in [-0.1, -0.05) is 12.1 Å². The zero-order chi connectivity index (χ0) is 19.7. The number of carbonyl (C=O) groups excluding carboxylic acids is 1. The second kappa shape index (κ2) is 7.15. The van der Waals surface area contributed by atoms with Gasteiger partial charge in [0.05, 0.1) is 16.7 Å². The molecule has 0 spiro atoms. The third kappa shape index (κ3) is 3.32. The van der Waals surface area contributed by atoms with Gasteiger partial charge in [-0.05, 0) is 48.0 Å². The van der Waals surface area contributed by atoms with E-state index in [4.69, 9.17) is 0 Å². The molecule has 142 valence electrons. The number of imidazole rings is 1. The van der Waals surface area contributed by atoms with Crippen LogP contribution in [0.4, 0.5) is 4.39 Å². The summed E-state index contributed by atoms with van der Waals surface area (Å²) < 4.78 is 16.3. The highest BCUT2D eigenvalue weighted by Gasteiger charge is 2.14. The zero-order valence-electron chi connectivity index (χ0n) is 15.1. The Bertz CT molecular complexity index is 1200. The van der Waals surface area contributed by atoms with Crippen LogP contribution >= 0.6 is 0 Å². The van der Waals surface area contributed by atoms with Crippen molar-refractivity contribution in [1.29, 1.82) is 0 Å². The minimum absolute atomic E-state index is 0.216. The topological polar surface area (TPSA) is 84.7 Å². The van der Waals surface area contributed by atoms with Crippen LogP contribution in [0.3, 0.4) is 0 Å². The van der Waals surface area contributed by atoms with Crippen molar-refractivity contribution < 1.29 is 9.18 Å². The predicted molar refractivity (Wildman–Crippen MR) is 103 cm³/mol.